The maximum Gasteiger partial charge on any atom is 0.223 e. The lowest BCUT2D eigenvalue weighted by Crippen LogP contribution is -2.49. The van der Waals surface area contributed by atoms with Gasteiger partial charge in [-0.3, -0.25) is 14.7 Å². The first-order valence-corrected chi connectivity index (χ1v) is 12.2. The van der Waals surface area contributed by atoms with Gasteiger partial charge in [-0.25, -0.2) is 4.39 Å². The van der Waals surface area contributed by atoms with Crippen LogP contribution in [-0.2, 0) is 11.3 Å². The normalized spacial score (nSPS) is 22.5. The molecule has 1 amide bonds. The molecule has 0 spiro atoms. The van der Waals surface area contributed by atoms with E-state index in [1.807, 2.05) is 26.0 Å². The molecular weight excluding hydrogens is 532 g/mol. The zero-order valence-corrected chi connectivity index (χ0v) is 22.6. The van der Waals surface area contributed by atoms with Gasteiger partial charge in [0.05, 0.1) is 0 Å². The number of amides is 1. The Balaban J connectivity index is 0.00000385. The summed E-state index contributed by atoms with van der Waals surface area (Å²) in [6.07, 6.45) is 6.15. The number of likely N-dealkylation sites (tertiary alicyclic amines) is 1. The predicted octanol–water partition coefficient (Wildman–Crippen LogP) is 3.90. The Morgan fingerprint density at radius 3 is 2.58 bits per heavy atom. The van der Waals surface area contributed by atoms with Crippen molar-refractivity contribution in [1.29, 1.82) is 0 Å². The van der Waals surface area contributed by atoms with Gasteiger partial charge in [-0.15, -0.1) is 24.0 Å². The largest absolute Gasteiger partial charge is 0.356 e. The monoisotopic (exact) mass is 573 g/mol. The summed E-state index contributed by atoms with van der Waals surface area (Å²) in [6, 6.07) is 7.52. The standard InChI is InChI=1S/C25H40FN5O.HI/c1-18(2)29-24(32)20-8-6-9-22(15-20)30-25(27-3)28-16-19-11-13-31(14-12-19)17-21-7-4-5-10-23(21)26;/h4-5,7,10,18-20,22H,6,8-9,11-17H2,1-3H3,(H,29,32)(H2,27,28,30);1H. The van der Waals surface area contributed by atoms with Crippen molar-refractivity contribution in [2.75, 3.05) is 26.7 Å². The summed E-state index contributed by atoms with van der Waals surface area (Å²) in [7, 11) is 1.80. The molecule has 33 heavy (non-hydrogen) atoms. The first kappa shape index (κ1) is 27.8. The zero-order valence-electron chi connectivity index (χ0n) is 20.3. The van der Waals surface area contributed by atoms with Gasteiger partial charge in [0.1, 0.15) is 5.82 Å². The second kappa shape index (κ2) is 14.1. The molecule has 2 fully saturated rings. The van der Waals surface area contributed by atoms with Gasteiger partial charge in [-0.1, -0.05) is 24.6 Å². The highest BCUT2D eigenvalue weighted by Crippen LogP contribution is 2.25. The number of hydrogen-bond donors (Lipinski definition) is 3. The first-order valence-electron chi connectivity index (χ1n) is 12.2. The number of guanidine groups is 1. The van der Waals surface area contributed by atoms with Gasteiger partial charge in [0.15, 0.2) is 5.96 Å². The van der Waals surface area contributed by atoms with E-state index in [2.05, 4.69) is 25.8 Å². The highest BCUT2D eigenvalue weighted by Gasteiger charge is 2.28. The van der Waals surface area contributed by atoms with Crippen molar-refractivity contribution in [3.05, 3.63) is 35.6 Å². The molecule has 1 saturated carbocycles. The number of nitrogens with zero attached hydrogens (tertiary/aromatic N) is 2. The minimum absolute atomic E-state index is 0. The second-order valence-electron chi connectivity index (χ2n) is 9.63. The summed E-state index contributed by atoms with van der Waals surface area (Å²) >= 11 is 0. The molecule has 8 heteroatoms. The Labute approximate surface area is 215 Å². The smallest absolute Gasteiger partial charge is 0.223 e. The number of benzene rings is 1. The van der Waals surface area contributed by atoms with Crippen molar-refractivity contribution in [2.45, 2.75) is 71.0 Å². The number of carbonyl (C=O) groups excluding carboxylic acids is 1. The molecule has 2 unspecified atom stereocenters. The third kappa shape index (κ3) is 9.03. The van der Waals surface area contributed by atoms with Crippen LogP contribution in [0.2, 0.25) is 0 Å². The third-order valence-electron chi connectivity index (χ3n) is 6.66. The summed E-state index contributed by atoms with van der Waals surface area (Å²) in [5.74, 6) is 1.56. The number of carbonyl (C=O) groups is 1. The van der Waals surface area contributed by atoms with E-state index in [9.17, 15) is 9.18 Å². The summed E-state index contributed by atoms with van der Waals surface area (Å²) in [4.78, 5) is 19.1. The molecule has 1 aromatic rings. The van der Waals surface area contributed by atoms with Crippen molar-refractivity contribution in [1.82, 2.24) is 20.9 Å². The van der Waals surface area contributed by atoms with Gasteiger partial charge >= 0.3 is 0 Å². The molecule has 3 N–H and O–H groups in total. The van der Waals surface area contributed by atoms with Gasteiger partial charge in [-0.2, -0.15) is 0 Å². The molecule has 3 rings (SSSR count). The van der Waals surface area contributed by atoms with E-state index in [-0.39, 0.29) is 53.7 Å². The van der Waals surface area contributed by atoms with Crippen LogP contribution >= 0.6 is 24.0 Å². The number of piperidine rings is 1. The molecular formula is C25H41FIN5O. The molecule has 0 radical (unpaired) electrons. The molecule has 2 aliphatic rings. The minimum atomic E-state index is -0.113. The van der Waals surface area contributed by atoms with Crippen LogP contribution in [0.5, 0.6) is 0 Å². The van der Waals surface area contributed by atoms with Gasteiger partial charge in [-0.05, 0) is 71.0 Å². The van der Waals surface area contributed by atoms with Crippen LogP contribution in [0, 0.1) is 17.7 Å². The third-order valence-corrected chi connectivity index (χ3v) is 6.66. The fourth-order valence-electron chi connectivity index (χ4n) is 4.81. The van der Waals surface area contributed by atoms with Crippen molar-refractivity contribution >= 4 is 35.8 Å². The lowest BCUT2D eigenvalue weighted by Gasteiger charge is -2.33. The van der Waals surface area contributed by atoms with Gasteiger partial charge in [0.2, 0.25) is 5.91 Å². The first-order chi connectivity index (χ1) is 15.4. The summed E-state index contributed by atoms with van der Waals surface area (Å²) < 4.78 is 13.9. The summed E-state index contributed by atoms with van der Waals surface area (Å²) in [5, 5.41) is 10.1. The topological polar surface area (TPSA) is 68.8 Å². The minimum Gasteiger partial charge on any atom is -0.356 e. The fourth-order valence-corrected chi connectivity index (χ4v) is 4.81. The molecule has 0 aromatic heterocycles. The average Bonchev–Trinajstić information content (AvgIpc) is 2.79. The number of hydrogen-bond acceptors (Lipinski definition) is 3. The summed E-state index contributed by atoms with van der Waals surface area (Å²) in [5.41, 5.74) is 0.779. The highest BCUT2D eigenvalue weighted by molar-refractivity contribution is 14.0. The quantitative estimate of drug-likeness (QED) is 0.263. The molecule has 1 saturated heterocycles. The molecule has 2 atom stereocenters. The van der Waals surface area contributed by atoms with Crippen LogP contribution in [0.1, 0.15) is 57.9 Å². The maximum atomic E-state index is 13.9. The van der Waals surface area contributed by atoms with Crippen LogP contribution in [0.3, 0.4) is 0 Å². The van der Waals surface area contributed by atoms with Gasteiger partial charge < -0.3 is 16.0 Å². The van der Waals surface area contributed by atoms with E-state index < -0.39 is 0 Å². The predicted molar refractivity (Wildman–Crippen MR) is 143 cm³/mol. The SMILES string of the molecule is CN=C(NCC1CCN(Cc2ccccc2F)CC1)NC1CCCC(C(=O)NC(C)C)C1.I. The second-order valence-corrected chi connectivity index (χ2v) is 9.63. The van der Waals surface area contributed by atoms with Crippen molar-refractivity contribution in [2.24, 2.45) is 16.8 Å². The Morgan fingerprint density at radius 1 is 1.18 bits per heavy atom. The number of nitrogens with one attached hydrogen (secondary N) is 3. The molecule has 1 aromatic carbocycles. The van der Waals surface area contributed by atoms with E-state index in [0.717, 1.165) is 69.7 Å². The molecule has 1 heterocycles. The van der Waals surface area contributed by atoms with E-state index >= 15 is 0 Å². The van der Waals surface area contributed by atoms with E-state index in [1.165, 1.54) is 6.07 Å². The van der Waals surface area contributed by atoms with Crippen LogP contribution in [0.25, 0.3) is 0 Å². The Bertz CT molecular complexity index is 767. The lowest BCUT2D eigenvalue weighted by atomic mass is 9.85. The van der Waals surface area contributed by atoms with E-state index in [1.54, 1.807) is 13.1 Å². The van der Waals surface area contributed by atoms with Crippen molar-refractivity contribution < 1.29 is 9.18 Å². The Morgan fingerprint density at radius 2 is 1.91 bits per heavy atom. The van der Waals surface area contributed by atoms with E-state index in [4.69, 9.17) is 0 Å². The Hall–Kier alpha value is -1.42. The number of aliphatic imine (C=N–C) groups is 1. The van der Waals surface area contributed by atoms with Crippen LogP contribution in [0.15, 0.2) is 29.3 Å². The number of rotatable bonds is 7. The number of halogens is 2. The van der Waals surface area contributed by atoms with Crippen molar-refractivity contribution in [3.63, 3.8) is 0 Å². The van der Waals surface area contributed by atoms with Crippen LogP contribution < -0.4 is 16.0 Å². The van der Waals surface area contributed by atoms with E-state index in [0.29, 0.717) is 12.5 Å². The van der Waals surface area contributed by atoms with Crippen molar-refractivity contribution in [3.8, 4) is 0 Å². The fraction of sp³-hybridized carbons (Fsp3) is 0.680. The summed E-state index contributed by atoms with van der Waals surface area (Å²) in [6.45, 7) is 7.56. The van der Waals surface area contributed by atoms with Gasteiger partial charge in [0.25, 0.3) is 0 Å². The molecule has 6 nitrogen and oxygen atoms in total. The molecule has 186 valence electrons. The molecule has 0 bridgehead atoms. The van der Waals surface area contributed by atoms with Crippen LogP contribution in [0.4, 0.5) is 4.39 Å². The highest BCUT2D eigenvalue weighted by atomic mass is 127. The maximum absolute atomic E-state index is 13.9. The zero-order chi connectivity index (χ0) is 22.9. The molecule has 1 aliphatic carbocycles. The lowest BCUT2D eigenvalue weighted by molar-refractivity contribution is -0.126. The average molecular weight is 574 g/mol. The van der Waals surface area contributed by atoms with Crippen LogP contribution in [-0.4, -0.2) is 55.5 Å². The molecule has 1 aliphatic heterocycles. The Kier molecular flexibility index (Phi) is 11.9. The van der Waals surface area contributed by atoms with Gasteiger partial charge in [0, 0.05) is 43.7 Å².